The maximum absolute atomic E-state index is 6.10. The SMILES string of the molecule is Cc1occc1-c1nnc(SCc2coc(-c3cccs3)n2)n1N. The second-order valence-electron chi connectivity index (χ2n) is 4.98. The van der Waals surface area contributed by atoms with Crippen LogP contribution in [0.25, 0.3) is 22.2 Å². The summed E-state index contributed by atoms with van der Waals surface area (Å²) in [6.45, 7) is 1.86. The van der Waals surface area contributed by atoms with E-state index in [4.69, 9.17) is 14.7 Å². The monoisotopic (exact) mass is 359 g/mol. The van der Waals surface area contributed by atoms with Gasteiger partial charge in [-0.1, -0.05) is 17.8 Å². The molecular weight excluding hydrogens is 346 g/mol. The summed E-state index contributed by atoms with van der Waals surface area (Å²) in [4.78, 5) is 5.48. The zero-order valence-electron chi connectivity index (χ0n) is 12.7. The number of hydrogen-bond acceptors (Lipinski definition) is 8. The summed E-state index contributed by atoms with van der Waals surface area (Å²) in [6, 6.07) is 5.76. The van der Waals surface area contributed by atoms with Gasteiger partial charge in [0, 0.05) is 5.75 Å². The van der Waals surface area contributed by atoms with Crippen molar-refractivity contribution in [3.63, 3.8) is 0 Å². The second-order valence-corrected chi connectivity index (χ2v) is 6.87. The first kappa shape index (κ1) is 15.0. The van der Waals surface area contributed by atoms with E-state index in [1.165, 1.54) is 16.4 Å². The van der Waals surface area contributed by atoms with E-state index in [9.17, 15) is 0 Å². The Morgan fingerprint density at radius 3 is 2.96 bits per heavy atom. The van der Waals surface area contributed by atoms with Crippen LogP contribution in [0.1, 0.15) is 11.5 Å². The van der Waals surface area contributed by atoms with E-state index in [0.717, 1.165) is 21.9 Å². The lowest BCUT2D eigenvalue weighted by atomic mass is 10.2. The van der Waals surface area contributed by atoms with Crippen LogP contribution in [-0.2, 0) is 5.75 Å². The van der Waals surface area contributed by atoms with E-state index in [-0.39, 0.29) is 0 Å². The quantitative estimate of drug-likeness (QED) is 0.430. The first-order chi connectivity index (χ1) is 11.7. The van der Waals surface area contributed by atoms with Crippen LogP contribution in [-0.4, -0.2) is 19.9 Å². The van der Waals surface area contributed by atoms with E-state index in [0.29, 0.717) is 22.6 Å². The number of thioether (sulfide) groups is 1. The average Bonchev–Trinajstić information content (AvgIpc) is 3.33. The first-order valence-electron chi connectivity index (χ1n) is 7.08. The molecule has 0 unspecified atom stereocenters. The third kappa shape index (κ3) is 2.72. The summed E-state index contributed by atoms with van der Waals surface area (Å²) < 4.78 is 12.3. The van der Waals surface area contributed by atoms with Crippen molar-refractivity contribution in [3.8, 4) is 22.2 Å². The summed E-state index contributed by atoms with van der Waals surface area (Å²) >= 11 is 3.04. The number of nitrogen functional groups attached to an aromatic ring is 1. The van der Waals surface area contributed by atoms with Crippen LogP contribution in [0.15, 0.2) is 50.1 Å². The third-order valence-electron chi connectivity index (χ3n) is 3.40. The van der Waals surface area contributed by atoms with Crippen molar-refractivity contribution in [1.82, 2.24) is 19.9 Å². The molecule has 9 heteroatoms. The van der Waals surface area contributed by atoms with E-state index < -0.39 is 0 Å². The standard InChI is InChI=1S/C15H13N5O2S2/c1-9-11(4-5-21-9)13-18-19-15(20(13)16)24-8-10-7-22-14(17-10)12-3-2-6-23-12/h2-7H,8,16H2,1H3. The minimum absolute atomic E-state index is 0.572. The molecule has 0 radical (unpaired) electrons. The lowest BCUT2D eigenvalue weighted by molar-refractivity contribution is 0.535. The molecule has 7 nitrogen and oxygen atoms in total. The van der Waals surface area contributed by atoms with E-state index in [2.05, 4.69) is 15.2 Å². The summed E-state index contributed by atoms with van der Waals surface area (Å²) in [5, 5.41) is 10.9. The molecule has 0 saturated heterocycles. The highest BCUT2D eigenvalue weighted by Gasteiger charge is 2.16. The minimum atomic E-state index is 0.572. The molecule has 0 fully saturated rings. The maximum atomic E-state index is 6.10. The van der Waals surface area contributed by atoms with Crippen LogP contribution in [0, 0.1) is 6.92 Å². The predicted octanol–water partition coefficient (Wildman–Crippen LogP) is 3.57. The highest BCUT2D eigenvalue weighted by molar-refractivity contribution is 7.98. The van der Waals surface area contributed by atoms with Crippen LogP contribution >= 0.6 is 23.1 Å². The molecule has 0 aliphatic rings. The van der Waals surface area contributed by atoms with Crippen LogP contribution in [0.3, 0.4) is 0 Å². The van der Waals surface area contributed by atoms with Gasteiger partial charge in [-0.3, -0.25) is 0 Å². The van der Waals surface area contributed by atoms with Gasteiger partial charge in [0.15, 0.2) is 5.82 Å². The Hall–Kier alpha value is -2.52. The number of nitrogens with zero attached hydrogens (tertiary/aromatic N) is 4. The van der Waals surface area contributed by atoms with Gasteiger partial charge in [0.25, 0.3) is 0 Å². The third-order valence-corrected chi connectivity index (χ3v) is 5.23. The number of rotatable bonds is 5. The van der Waals surface area contributed by atoms with Crippen molar-refractivity contribution in [2.24, 2.45) is 0 Å². The molecule has 4 heterocycles. The molecule has 4 aromatic heterocycles. The van der Waals surface area contributed by atoms with E-state index in [1.807, 2.05) is 30.5 Å². The number of aromatic nitrogens is 4. The van der Waals surface area contributed by atoms with Crippen LogP contribution in [0.5, 0.6) is 0 Å². The molecule has 0 atom stereocenters. The Morgan fingerprint density at radius 2 is 2.21 bits per heavy atom. The molecule has 4 aromatic rings. The Bertz CT molecular complexity index is 955. The molecule has 0 bridgehead atoms. The van der Waals surface area contributed by atoms with Crippen molar-refractivity contribution in [2.45, 2.75) is 17.8 Å². The molecule has 2 N–H and O–H groups in total. The summed E-state index contributed by atoms with van der Waals surface area (Å²) in [6.07, 6.45) is 3.26. The Kier molecular flexibility index (Phi) is 3.87. The Morgan fingerprint density at radius 1 is 1.29 bits per heavy atom. The van der Waals surface area contributed by atoms with Gasteiger partial charge in [-0.15, -0.1) is 21.5 Å². The van der Waals surface area contributed by atoms with E-state index in [1.54, 1.807) is 23.9 Å². The minimum Gasteiger partial charge on any atom is -0.469 e. The Balaban J connectivity index is 1.49. The van der Waals surface area contributed by atoms with Crippen molar-refractivity contribution in [1.29, 1.82) is 0 Å². The van der Waals surface area contributed by atoms with Gasteiger partial charge in [-0.05, 0) is 24.4 Å². The number of furan rings is 1. The van der Waals surface area contributed by atoms with Gasteiger partial charge in [0.2, 0.25) is 11.0 Å². The number of nitrogens with two attached hydrogens (primary N) is 1. The summed E-state index contributed by atoms with van der Waals surface area (Å²) in [5.41, 5.74) is 1.66. The molecule has 0 spiro atoms. The lowest BCUT2D eigenvalue weighted by Crippen LogP contribution is -2.11. The first-order valence-corrected chi connectivity index (χ1v) is 8.95. The smallest absolute Gasteiger partial charge is 0.236 e. The zero-order chi connectivity index (χ0) is 16.5. The largest absolute Gasteiger partial charge is 0.469 e. The van der Waals surface area contributed by atoms with Gasteiger partial charge in [-0.25, -0.2) is 9.66 Å². The molecule has 0 amide bonds. The van der Waals surface area contributed by atoms with Crippen LogP contribution in [0.2, 0.25) is 0 Å². The predicted molar refractivity (Wildman–Crippen MR) is 92.0 cm³/mol. The van der Waals surface area contributed by atoms with E-state index >= 15 is 0 Å². The normalized spacial score (nSPS) is 11.2. The summed E-state index contributed by atoms with van der Waals surface area (Å²) in [5.74, 6) is 8.64. The average molecular weight is 359 g/mol. The number of oxazole rings is 1. The Labute approximate surface area is 145 Å². The molecular formula is C15H13N5O2S2. The molecule has 4 rings (SSSR count). The van der Waals surface area contributed by atoms with Crippen LogP contribution in [0.4, 0.5) is 0 Å². The molecule has 0 saturated carbocycles. The number of aryl methyl sites for hydroxylation is 1. The highest BCUT2D eigenvalue weighted by atomic mass is 32.2. The van der Waals surface area contributed by atoms with Crippen molar-refractivity contribution >= 4 is 23.1 Å². The molecule has 24 heavy (non-hydrogen) atoms. The van der Waals surface area contributed by atoms with Gasteiger partial charge in [0.05, 0.1) is 22.4 Å². The highest BCUT2D eigenvalue weighted by Crippen LogP contribution is 2.28. The van der Waals surface area contributed by atoms with Gasteiger partial charge in [-0.2, -0.15) is 0 Å². The molecule has 0 aliphatic carbocycles. The molecule has 0 aliphatic heterocycles. The zero-order valence-corrected chi connectivity index (χ0v) is 14.3. The van der Waals surface area contributed by atoms with Crippen LogP contribution < -0.4 is 5.84 Å². The fourth-order valence-electron chi connectivity index (χ4n) is 2.20. The second kappa shape index (κ2) is 6.17. The molecule has 0 aromatic carbocycles. The maximum Gasteiger partial charge on any atom is 0.236 e. The van der Waals surface area contributed by atoms with Crippen molar-refractivity contribution in [3.05, 3.63) is 47.6 Å². The van der Waals surface area contributed by atoms with Gasteiger partial charge < -0.3 is 14.7 Å². The number of hydrogen-bond donors (Lipinski definition) is 1. The van der Waals surface area contributed by atoms with Gasteiger partial charge in [0.1, 0.15) is 12.0 Å². The van der Waals surface area contributed by atoms with Crippen molar-refractivity contribution < 1.29 is 8.83 Å². The number of thiophene rings is 1. The lowest BCUT2D eigenvalue weighted by Gasteiger charge is -2.01. The van der Waals surface area contributed by atoms with Gasteiger partial charge >= 0.3 is 0 Å². The topological polar surface area (TPSA) is 95.9 Å². The molecule has 122 valence electrons. The summed E-state index contributed by atoms with van der Waals surface area (Å²) in [7, 11) is 0. The fraction of sp³-hybridized carbons (Fsp3) is 0.133. The fourth-order valence-corrected chi connectivity index (χ4v) is 3.59. The van der Waals surface area contributed by atoms with Crippen molar-refractivity contribution in [2.75, 3.05) is 5.84 Å².